The van der Waals surface area contributed by atoms with Crippen LogP contribution in [0.25, 0.3) is 23.4 Å². The van der Waals surface area contributed by atoms with E-state index in [-0.39, 0.29) is 0 Å². The summed E-state index contributed by atoms with van der Waals surface area (Å²) in [5.41, 5.74) is 1.60. The summed E-state index contributed by atoms with van der Waals surface area (Å²) >= 11 is 1.70. The summed E-state index contributed by atoms with van der Waals surface area (Å²) in [4.78, 5) is 6.65. The Morgan fingerprint density at radius 2 is 1.71 bits per heavy atom. The Bertz CT molecular complexity index is 861. The molecular weight excluding hydrogens is 331 g/mol. The maximum atomic E-state index is 12.6. The second-order valence-electron chi connectivity index (χ2n) is 5.33. The van der Waals surface area contributed by atoms with Gasteiger partial charge in [0, 0.05) is 21.5 Å². The summed E-state index contributed by atoms with van der Waals surface area (Å²) in [6.45, 7) is 2.05. The molecule has 0 saturated heterocycles. The van der Waals surface area contributed by atoms with Crippen LogP contribution in [0.1, 0.15) is 20.9 Å². The average molecular weight is 345 g/mol. The maximum Gasteiger partial charge on any atom is 0.416 e. The van der Waals surface area contributed by atoms with Gasteiger partial charge in [0.1, 0.15) is 0 Å². The molecule has 2 aromatic heterocycles. The zero-order valence-electron chi connectivity index (χ0n) is 12.8. The lowest BCUT2D eigenvalue weighted by Crippen LogP contribution is -2.04. The molecule has 0 fully saturated rings. The number of thiophene rings is 1. The van der Waals surface area contributed by atoms with Gasteiger partial charge in [0.2, 0.25) is 0 Å². The fourth-order valence-electron chi connectivity index (χ4n) is 2.26. The molecule has 3 aromatic rings. The number of hydrogen-bond acceptors (Lipinski definition) is 2. The quantitative estimate of drug-likeness (QED) is 0.542. The number of benzene rings is 1. The SMILES string of the molecule is Cc1ccc(/C=C/c2ccnc(-c3ccc(C(F)(F)F)cc3)c2)s1. The Morgan fingerprint density at radius 3 is 2.33 bits per heavy atom. The normalized spacial score (nSPS) is 12.0. The van der Waals surface area contributed by atoms with Crippen LogP contribution in [0.15, 0.2) is 54.7 Å². The van der Waals surface area contributed by atoms with Crippen LogP contribution in [0.3, 0.4) is 0 Å². The van der Waals surface area contributed by atoms with Gasteiger partial charge in [0.05, 0.1) is 11.3 Å². The lowest BCUT2D eigenvalue weighted by atomic mass is 10.1. The van der Waals surface area contributed by atoms with Gasteiger partial charge in [-0.1, -0.05) is 18.2 Å². The number of nitrogens with zero attached hydrogens (tertiary/aromatic N) is 1. The van der Waals surface area contributed by atoms with Crippen LogP contribution in [0.5, 0.6) is 0 Å². The van der Waals surface area contributed by atoms with Crippen molar-refractivity contribution in [3.63, 3.8) is 0 Å². The van der Waals surface area contributed by atoms with E-state index in [1.54, 1.807) is 17.5 Å². The zero-order valence-corrected chi connectivity index (χ0v) is 13.7. The molecule has 5 heteroatoms. The highest BCUT2D eigenvalue weighted by Crippen LogP contribution is 2.30. The van der Waals surface area contributed by atoms with Crippen LogP contribution in [0.2, 0.25) is 0 Å². The van der Waals surface area contributed by atoms with Crippen molar-refractivity contribution in [1.82, 2.24) is 4.98 Å². The molecular formula is C19H14F3NS. The van der Waals surface area contributed by atoms with Crippen molar-refractivity contribution in [1.29, 1.82) is 0 Å². The highest BCUT2D eigenvalue weighted by molar-refractivity contribution is 7.12. The molecule has 3 rings (SSSR count). The van der Waals surface area contributed by atoms with Gasteiger partial charge in [0.15, 0.2) is 0 Å². The Morgan fingerprint density at radius 1 is 0.958 bits per heavy atom. The summed E-state index contributed by atoms with van der Waals surface area (Å²) in [6.07, 6.45) is 1.33. The van der Waals surface area contributed by atoms with Crippen molar-refractivity contribution in [3.05, 3.63) is 75.6 Å². The predicted octanol–water partition coefficient (Wildman–Crippen LogP) is 6.31. The van der Waals surface area contributed by atoms with Crippen molar-refractivity contribution in [2.24, 2.45) is 0 Å². The minimum absolute atomic E-state index is 0.647. The van der Waals surface area contributed by atoms with Gasteiger partial charge in [-0.2, -0.15) is 13.2 Å². The van der Waals surface area contributed by atoms with E-state index in [1.807, 2.05) is 24.3 Å². The first kappa shape index (κ1) is 16.5. The van der Waals surface area contributed by atoms with E-state index in [0.717, 1.165) is 22.6 Å². The first-order valence-electron chi connectivity index (χ1n) is 7.30. The molecule has 24 heavy (non-hydrogen) atoms. The number of aryl methyl sites for hydroxylation is 1. The maximum absolute atomic E-state index is 12.6. The van der Waals surface area contributed by atoms with Crippen LogP contribution < -0.4 is 0 Å². The molecule has 0 radical (unpaired) electrons. The van der Waals surface area contributed by atoms with E-state index >= 15 is 0 Å². The van der Waals surface area contributed by atoms with Crippen molar-refractivity contribution in [2.75, 3.05) is 0 Å². The molecule has 0 aliphatic rings. The number of halogens is 3. The minimum atomic E-state index is -4.32. The third kappa shape index (κ3) is 3.92. The van der Waals surface area contributed by atoms with Gasteiger partial charge in [-0.05, 0) is 55.0 Å². The Labute approximate surface area is 142 Å². The molecule has 0 N–H and O–H groups in total. The minimum Gasteiger partial charge on any atom is -0.256 e. The molecule has 2 heterocycles. The molecule has 0 aliphatic heterocycles. The first-order chi connectivity index (χ1) is 11.4. The van der Waals surface area contributed by atoms with Crippen molar-refractivity contribution < 1.29 is 13.2 Å². The lowest BCUT2D eigenvalue weighted by molar-refractivity contribution is -0.137. The van der Waals surface area contributed by atoms with Gasteiger partial charge in [-0.15, -0.1) is 11.3 Å². The molecule has 0 spiro atoms. The number of rotatable bonds is 3. The molecule has 0 atom stereocenters. The van der Waals surface area contributed by atoms with Crippen LogP contribution in [0.4, 0.5) is 13.2 Å². The highest BCUT2D eigenvalue weighted by atomic mass is 32.1. The third-order valence-corrected chi connectivity index (χ3v) is 4.46. The van der Waals surface area contributed by atoms with Gasteiger partial charge < -0.3 is 0 Å². The van der Waals surface area contributed by atoms with Crippen molar-refractivity contribution >= 4 is 23.5 Å². The Kier molecular flexibility index (Phi) is 4.53. The van der Waals surface area contributed by atoms with Crippen LogP contribution in [0, 0.1) is 6.92 Å². The van der Waals surface area contributed by atoms with E-state index in [9.17, 15) is 13.2 Å². The number of alkyl halides is 3. The second-order valence-corrected chi connectivity index (χ2v) is 6.65. The topological polar surface area (TPSA) is 12.9 Å². The summed E-state index contributed by atoms with van der Waals surface area (Å²) in [5.74, 6) is 0. The third-order valence-electron chi connectivity index (χ3n) is 3.49. The standard InChI is InChI=1S/C19H14F3NS/c1-13-2-8-17(24-13)9-3-14-10-11-23-18(12-14)15-4-6-16(7-5-15)19(20,21)22/h2-12H,1H3/b9-3+. The fourth-order valence-corrected chi connectivity index (χ4v) is 3.04. The molecule has 0 unspecified atom stereocenters. The smallest absolute Gasteiger partial charge is 0.256 e. The highest BCUT2D eigenvalue weighted by Gasteiger charge is 2.29. The molecule has 1 nitrogen and oxygen atoms in total. The van der Waals surface area contributed by atoms with Crippen LogP contribution in [-0.4, -0.2) is 4.98 Å². The molecule has 0 aliphatic carbocycles. The van der Waals surface area contributed by atoms with Gasteiger partial charge >= 0.3 is 6.18 Å². The van der Waals surface area contributed by atoms with E-state index in [4.69, 9.17) is 0 Å². The molecule has 0 bridgehead atoms. The van der Waals surface area contributed by atoms with E-state index in [2.05, 4.69) is 24.0 Å². The van der Waals surface area contributed by atoms with E-state index < -0.39 is 11.7 Å². The predicted molar refractivity (Wildman–Crippen MR) is 92.7 cm³/mol. The molecule has 122 valence electrons. The number of hydrogen-bond donors (Lipinski definition) is 0. The number of pyridine rings is 1. The molecule has 1 aromatic carbocycles. The van der Waals surface area contributed by atoms with Gasteiger partial charge in [-0.25, -0.2) is 0 Å². The largest absolute Gasteiger partial charge is 0.416 e. The van der Waals surface area contributed by atoms with Crippen molar-refractivity contribution in [3.8, 4) is 11.3 Å². The van der Waals surface area contributed by atoms with Crippen LogP contribution in [-0.2, 0) is 6.18 Å². The summed E-state index contributed by atoms with van der Waals surface area (Å²) < 4.78 is 37.9. The average Bonchev–Trinajstić information content (AvgIpc) is 2.98. The number of aromatic nitrogens is 1. The monoisotopic (exact) mass is 345 g/mol. The lowest BCUT2D eigenvalue weighted by Gasteiger charge is -2.07. The molecule has 0 saturated carbocycles. The van der Waals surface area contributed by atoms with Gasteiger partial charge in [-0.3, -0.25) is 4.98 Å². The Hall–Kier alpha value is -2.40. The van der Waals surface area contributed by atoms with E-state index in [1.165, 1.54) is 17.0 Å². The summed E-state index contributed by atoms with van der Waals surface area (Å²) in [6, 6.07) is 12.9. The summed E-state index contributed by atoms with van der Waals surface area (Å²) in [5, 5.41) is 0. The van der Waals surface area contributed by atoms with Gasteiger partial charge in [0.25, 0.3) is 0 Å². The van der Waals surface area contributed by atoms with Crippen LogP contribution >= 0.6 is 11.3 Å². The summed E-state index contributed by atoms with van der Waals surface area (Å²) in [7, 11) is 0. The fraction of sp³-hybridized carbons (Fsp3) is 0.105. The Balaban J connectivity index is 1.83. The van der Waals surface area contributed by atoms with Crippen molar-refractivity contribution in [2.45, 2.75) is 13.1 Å². The first-order valence-corrected chi connectivity index (χ1v) is 8.12. The second kappa shape index (κ2) is 6.61. The molecule has 0 amide bonds. The van der Waals surface area contributed by atoms with E-state index in [0.29, 0.717) is 11.3 Å². The zero-order chi connectivity index (χ0) is 17.2.